The Morgan fingerprint density at radius 3 is 2.52 bits per heavy atom. The lowest BCUT2D eigenvalue weighted by atomic mass is 10.0. The van der Waals surface area contributed by atoms with Crippen LogP contribution in [0.5, 0.6) is 0 Å². The molecule has 0 aliphatic rings. The molecule has 2 aromatic heterocycles. The van der Waals surface area contributed by atoms with Crippen LogP contribution in [-0.2, 0) is 4.79 Å². The summed E-state index contributed by atoms with van der Waals surface area (Å²) in [5.41, 5.74) is 3.25. The van der Waals surface area contributed by atoms with E-state index in [1.54, 1.807) is 17.7 Å². The van der Waals surface area contributed by atoms with Crippen LogP contribution in [0.25, 0.3) is 20.7 Å². The molecule has 5 nitrogen and oxygen atoms in total. The molecule has 0 atom stereocenters. The Hall–Kier alpha value is -3.25. The van der Waals surface area contributed by atoms with Gasteiger partial charge < -0.3 is 10.2 Å². The molecule has 2 aromatic carbocycles. The second-order valence-electron chi connectivity index (χ2n) is 7.89. The number of nitrogens with one attached hydrogen (secondary N) is 1. The molecule has 0 bridgehead atoms. The van der Waals surface area contributed by atoms with Crippen LogP contribution in [0.3, 0.4) is 0 Å². The maximum atomic E-state index is 12.5. The summed E-state index contributed by atoms with van der Waals surface area (Å²) in [6.45, 7) is 4.88. The second-order valence-corrected chi connectivity index (χ2v) is 8.92. The van der Waals surface area contributed by atoms with Gasteiger partial charge >= 0.3 is 0 Å². The smallest absolute Gasteiger partial charge is 0.226 e. The third-order valence-electron chi connectivity index (χ3n) is 5.26. The number of anilines is 2. The van der Waals surface area contributed by atoms with Crippen molar-refractivity contribution in [2.45, 2.75) is 26.2 Å². The van der Waals surface area contributed by atoms with E-state index in [0.717, 1.165) is 26.6 Å². The topological polar surface area (TPSA) is 58.1 Å². The summed E-state index contributed by atoms with van der Waals surface area (Å²) < 4.78 is 0. The Morgan fingerprint density at radius 1 is 1.06 bits per heavy atom. The van der Waals surface area contributed by atoms with E-state index >= 15 is 0 Å². The molecule has 31 heavy (non-hydrogen) atoms. The number of amides is 1. The fourth-order valence-corrected chi connectivity index (χ4v) is 4.44. The molecule has 0 fully saturated rings. The van der Waals surface area contributed by atoms with E-state index in [0.29, 0.717) is 18.9 Å². The van der Waals surface area contributed by atoms with Crippen molar-refractivity contribution in [2.24, 2.45) is 0 Å². The molecule has 158 valence electrons. The standard InChI is InChI=1S/C25H26N4OS/c1-17(2)18-9-11-20(12-10-18)28-23(30)13-14-29(3)24-21-15-22(19-7-5-4-6-8-19)31-25(21)27-16-26-24/h4-12,15-17H,13-14H2,1-3H3,(H,28,30). The maximum Gasteiger partial charge on any atom is 0.226 e. The van der Waals surface area contributed by atoms with Crippen LogP contribution in [-0.4, -0.2) is 29.5 Å². The number of hydrogen-bond acceptors (Lipinski definition) is 5. The summed E-state index contributed by atoms with van der Waals surface area (Å²) in [4.78, 5) is 25.5. The van der Waals surface area contributed by atoms with Gasteiger partial charge in [-0.15, -0.1) is 11.3 Å². The molecular weight excluding hydrogens is 404 g/mol. The van der Waals surface area contributed by atoms with Gasteiger partial charge in [-0.3, -0.25) is 4.79 Å². The van der Waals surface area contributed by atoms with Gasteiger partial charge in [0.1, 0.15) is 17.0 Å². The molecule has 1 N–H and O–H groups in total. The molecule has 0 unspecified atom stereocenters. The SMILES string of the molecule is CC(C)c1ccc(NC(=O)CCN(C)c2ncnc3sc(-c4ccccc4)cc23)cc1. The Bertz CT molecular complexity index is 1170. The first kappa shape index (κ1) is 21.0. The summed E-state index contributed by atoms with van der Waals surface area (Å²) in [5.74, 6) is 1.31. The molecule has 4 aromatic rings. The molecule has 0 radical (unpaired) electrons. The minimum atomic E-state index is -0.00950. The summed E-state index contributed by atoms with van der Waals surface area (Å²) in [7, 11) is 1.96. The van der Waals surface area contributed by atoms with Crippen molar-refractivity contribution >= 4 is 39.0 Å². The van der Waals surface area contributed by atoms with Gasteiger partial charge in [-0.05, 0) is 35.2 Å². The number of benzene rings is 2. The maximum absolute atomic E-state index is 12.5. The van der Waals surface area contributed by atoms with E-state index in [1.807, 2.05) is 42.3 Å². The van der Waals surface area contributed by atoms with Crippen LogP contribution in [0.4, 0.5) is 11.5 Å². The highest BCUT2D eigenvalue weighted by atomic mass is 32.1. The van der Waals surface area contributed by atoms with Gasteiger partial charge in [0.2, 0.25) is 5.91 Å². The van der Waals surface area contributed by atoms with Crippen LogP contribution in [0.1, 0.15) is 31.7 Å². The van der Waals surface area contributed by atoms with E-state index in [4.69, 9.17) is 0 Å². The Balaban J connectivity index is 1.43. The zero-order chi connectivity index (χ0) is 21.8. The number of fused-ring (bicyclic) bond motifs is 1. The first-order valence-corrected chi connectivity index (χ1v) is 11.2. The van der Waals surface area contributed by atoms with Crippen molar-refractivity contribution in [1.82, 2.24) is 9.97 Å². The molecule has 4 rings (SSSR count). The molecular formula is C25H26N4OS. The monoisotopic (exact) mass is 430 g/mol. The molecule has 1 amide bonds. The van der Waals surface area contributed by atoms with Crippen LogP contribution in [0.2, 0.25) is 0 Å². The van der Waals surface area contributed by atoms with E-state index in [1.165, 1.54) is 11.1 Å². The quantitative estimate of drug-likeness (QED) is 0.394. The Kier molecular flexibility index (Phi) is 6.28. The van der Waals surface area contributed by atoms with Gasteiger partial charge in [0.15, 0.2) is 0 Å². The number of carbonyl (C=O) groups excluding carboxylic acids is 1. The number of carbonyl (C=O) groups is 1. The molecule has 0 saturated heterocycles. The highest BCUT2D eigenvalue weighted by Gasteiger charge is 2.14. The van der Waals surface area contributed by atoms with Gasteiger partial charge in [-0.1, -0.05) is 56.3 Å². The zero-order valence-electron chi connectivity index (χ0n) is 18.0. The molecule has 0 spiro atoms. The third-order valence-corrected chi connectivity index (χ3v) is 6.36. The largest absolute Gasteiger partial charge is 0.359 e. The highest BCUT2D eigenvalue weighted by molar-refractivity contribution is 7.21. The fraction of sp³-hybridized carbons (Fsp3) is 0.240. The summed E-state index contributed by atoms with van der Waals surface area (Å²) >= 11 is 1.65. The van der Waals surface area contributed by atoms with Crippen molar-refractivity contribution < 1.29 is 4.79 Å². The van der Waals surface area contributed by atoms with Crippen molar-refractivity contribution in [3.63, 3.8) is 0 Å². The minimum Gasteiger partial charge on any atom is -0.359 e. The lowest BCUT2D eigenvalue weighted by Crippen LogP contribution is -2.24. The highest BCUT2D eigenvalue weighted by Crippen LogP contribution is 2.35. The molecule has 0 saturated carbocycles. The van der Waals surface area contributed by atoms with E-state index < -0.39 is 0 Å². The zero-order valence-corrected chi connectivity index (χ0v) is 18.8. The predicted molar refractivity (Wildman–Crippen MR) is 130 cm³/mol. The summed E-state index contributed by atoms with van der Waals surface area (Å²) in [6.07, 6.45) is 1.97. The fourth-order valence-electron chi connectivity index (χ4n) is 3.44. The van der Waals surface area contributed by atoms with Gasteiger partial charge in [-0.25, -0.2) is 9.97 Å². The van der Waals surface area contributed by atoms with Crippen LogP contribution in [0, 0.1) is 0 Å². The molecule has 6 heteroatoms. The first-order valence-electron chi connectivity index (χ1n) is 10.4. The molecule has 2 heterocycles. The normalized spacial score (nSPS) is 11.1. The Labute approximate surface area is 186 Å². The van der Waals surface area contributed by atoms with Crippen LogP contribution in [0.15, 0.2) is 67.0 Å². The van der Waals surface area contributed by atoms with Gasteiger partial charge in [0.25, 0.3) is 0 Å². The Morgan fingerprint density at radius 2 is 1.81 bits per heavy atom. The molecule has 0 aliphatic heterocycles. The first-order chi connectivity index (χ1) is 15.0. The van der Waals surface area contributed by atoms with Crippen LogP contribution < -0.4 is 10.2 Å². The van der Waals surface area contributed by atoms with Gasteiger partial charge in [0, 0.05) is 30.6 Å². The number of rotatable bonds is 7. The van der Waals surface area contributed by atoms with Gasteiger partial charge in [0.05, 0.1) is 5.39 Å². The van der Waals surface area contributed by atoms with E-state index in [2.05, 4.69) is 59.5 Å². The summed E-state index contributed by atoms with van der Waals surface area (Å²) in [6, 6.07) is 20.5. The van der Waals surface area contributed by atoms with Crippen molar-refractivity contribution in [3.05, 3.63) is 72.6 Å². The predicted octanol–water partition coefficient (Wildman–Crippen LogP) is 5.95. The van der Waals surface area contributed by atoms with E-state index in [9.17, 15) is 4.79 Å². The number of thiophene rings is 1. The van der Waals surface area contributed by atoms with Crippen LogP contribution >= 0.6 is 11.3 Å². The van der Waals surface area contributed by atoms with Crippen molar-refractivity contribution in [2.75, 3.05) is 23.8 Å². The van der Waals surface area contributed by atoms with Gasteiger partial charge in [-0.2, -0.15) is 0 Å². The minimum absolute atomic E-state index is 0.00950. The van der Waals surface area contributed by atoms with Crippen molar-refractivity contribution in [1.29, 1.82) is 0 Å². The summed E-state index contributed by atoms with van der Waals surface area (Å²) in [5, 5.41) is 3.99. The average Bonchev–Trinajstić information content (AvgIpc) is 3.23. The average molecular weight is 431 g/mol. The van der Waals surface area contributed by atoms with Crippen molar-refractivity contribution in [3.8, 4) is 10.4 Å². The van der Waals surface area contributed by atoms with E-state index in [-0.39, 0.29) is 5.91 Å². The lowest BCUT2D eigenvalue weighted by molar-refractivity contribution is -0.116. The molecule has 0 aliphatic carbocycles. The second kappa shape index (κ2) is 9.27. The number of aromatic nitrogens is 2. The number of hydrogen-bond donors (Lipinski definition) is 1. The number of nitrogens with zero attached hydrogens (tertiary/aromatic N) is 3. The third kappa shape index (κ3) is 4.91. The lowest BCUT2D eigenvalue weighted by Gasteiger charge is -2.18.